The first-order chi connectivity index (χ1) is 11.4. The van der Waals surface area contributed by atoms with E-state index in [-0.39, 0.29) is 16.8 Å². The molecule has 1 aliphatic heterocycles. The lowest BCUT2D eigenvalue weighted by Gasteiger charge is -2.18. The zero-order chi connectivity index (χ0) is 17.3. The van der Waals surface area contributed by atoms with Crippen LogP contribution in [0, 0.1) is 19.7 Å². The number of hydrogen-bond acceptors (Lipinski definition) is 4. The van der Waals surface area contributed by atoms with E-state index in [1.807, 2.05) is 23.1 Å². The highest BCUT2D eigenvalue weighted by Gasteiger charge is 2.28. The van der Waals surface area contributed by atoms with Crippen LogP contribution in [0.1, 0.15) is 17.5 Å². The van der Waals surface area contributed by atoms with Crippen molar-refractivity contribution in [3.8, 4) is 0 Å². The summed E-state index contributed by atoms with van der Waals surface area (Å²) in [5.74, 6) is 0.476. The zero-order valence-corrected chi connectivity index (χ0v) is 14.5. The molecule has 1 unspecified atom stereocenters. The molecular weight excluding hydrogens is 329 g/mol. The minimum Gasteiger partial charge on any atom is -0.355 e. The molecule has 3 rings (SSSR count). The zero-order valence-electron chi connectivity index (χ0n) is 13.7. The van der Waals surface area contributed by atoms with Gasteiger partial charge in [-0.1, -0.05) is 6.07 Å². The smallest absolute Gasteiger partial charge is 0.240 e. The van der Waals surface area contributed by atoms with Crippen molar-refractivity contribution in [2.75, 3.05) is 18.0 Å². The molecule has 1 N–H and O–H groups in total. The normalized spacial score (nSPS) is 18.1. The van der Waals surface area contributed by atoms with E-state index in [0.29, 0.717) is 24.1 Å². The van der Waals surface area contributed by atoms with Crippen molar-refractivity contribution < 1.29 is 12.8 Å². The highest BCUT2D eigenvalue weighted by atomic mass is 32.2. The lowest BCUT2D eigenvalue weighted by atomic mass is 10.1. The Bertz CT molecular complexity index is 817. The first-order valence-corrected chi connectivity index (χ1v) is 9.30. The van der Waals surface area contributed by atoms with Crippen molar-refractivity contribution in [2.24, 2.45) is 0 Å². The van der Waals surface area contributed by atoms with Crippen molar-refractivity contribution >= 4 is 15.8 Å². The van der Waals surface area contributed by atoms with Gasteiger partial charge in [0.15, 0.2) is 0 Å². The molecule has 1 saturated heterocycles. The van der Waals surface area contributed by atoms with Crippen LogP contribution in [0.25, 0.3) is 0 Å². The number of hydrogen-bond donors (Lipinski definition) is 1. The molecule has 5 nitrogen and oxygen atoms in total. The number of nitrogens with zero attached hydrogens (tertiary/aromatic N) is 2. The number of nitrogens with one attached hydrogen (secondary N) is 1. The number of aryl methyl sites for hydroxylation is 2. The van der Waals surface area contributed by atoms with Crippen LogP contribution in [0.3, 0.4) is 0 Å². The monoisotopic (exact) mass is 349 g/mol. The Balaban J connectivity index is 1.74. The second kappa shape index (κ2) is 6.49. The van der Waals surface area contributed by atoms with Crippen LogP contribution in [-0.4, -0.2) is 32.5 Å². The summed E-state index contributed by atoms with van der Waals surface area (Å²) in [6, 6.07) is 8.21. The second-order valence-electron chi connectivity index (χ2n) is 6.11. The number of anilines is 1. The van der Waals surface area contributed by atoms with Crippen molar-refractivity contribution in [1.82, 2.24) is 9.71 Å². The fourth-order valence-corrected chi connectivity index (χ4v) is 4.39. The van der Waals surface area contributed by atoms with Crippen molar-refractivity contribution in [3.63, 3.8) is 0 Å². The Morgan fingerprint density at radius 1 is 1.25 bits per heavy atom. The van der Waals surface area contributed by atoms with Crippen LogP contribution in [0.5, 0.6) is 0 Å². The Hall–Kier alpha value is -1.99. The topological polar surface area (TPSA) is 62.3 Å². The molecule has 7 heteroatoms. The van der Waals surface area contributed by atoms with Gasteiger partial charge in [0, 0.05) is 25.3 Å². The average Bonchev–Trinajstić information content (AvgIpc) is 3.00. The standard InChI is InChI=1S/C17H20FN3O2S/c1-12-9-15(10-13(2)17(12)18)24(22,23)20-14-6-8-21(11-14)16-5-3-4-7-19-16/h3-5,7,9-10,14,20H,6,8,11H2,1-2H3. The van der Waals surface area contributed by atoms with Gasteiger partial charge in [-0.15, -0.1) is 0 Å². The summed E-state index contributed by atoms with van der Waals surface area (Å²) in [7, 11) is -3.67. The molecule has 0 saturated carbocycles. The second-order valence-corrected chi connectivity index (χ2v) is 7.83. The number of halogens is 1. The van der Waals surface area contributed by atoms with Crippen LogP contribution < -0.4 is 9.62 Å². The van der Waals surface area contributed by atoms with E-state index < -0.39 is 10.0 Å². The summed E-state index contributed by atoms with van der Waals surface area (Å²) < 4.78 is 41.6. The summed E-state index contributed by atoms with van der Waals surface area (Å²) >= 11 is 0. The molecule has 0 spiro atoms. The molecule has 0 amide bonds. The molecule has 2 heterocycles. The molecule has 0 bridgehead atoms. The van der Waals surface area contributed by atoms with E-state index >= 15 is 0 Å². The maximum Gasteiger partial charge on any atom is 0.240 e. The van der Waals surface area contributed by atoms with Crippen molar-refractivity contribution in [2.45, 2.75) is 31.2 Å². The minimum atomic E-state index is -3.67. The lowest BCUT2D eigenvalue weighted by molar-refractivity contribution is 0.560. The first-order valence-electron chi connectivity index (χ1n) is 7.82. The van der Waals surface area contributed by atoms with E-state index in [1.54, 1.807) is 20.0 Å². The third-order valence-electron chi connectivity index (χ3n) is 4.20. The molecule has 0 aliphatic carbocycles. The summed E-state index contributed by atoms with van der Waals surface area (Å²) in [4.78, 5) is 6.45. The van der Waals surface area contributed by atoms with E-state index in [2.05, 4.69) is 9.71 Å². The van der Waals surface area contributed by atoms with Crippen molar-refractivity contribution in [1.29, 1.82) is 0 Å². The quantitative estimate of drug-likeness (QED) is 0.921. The third kappa shape index (κ3) is 3.42. The predicted molar refractivity (Wildman–Crippen MR) is 91.1 cm³/mol. The Morgan fingerprint density at radius 2 is 1.96 bits per heavy atom. The van der Waals surface area contributed by atoms with Crippen LogP contribution in [-0.2, 0) is 10.0 Å². The summed E-state index contributed by atoms with van der Waals surface area (Å²) in [5.41, 5.74) is 0.661. The van der Waals surface area contributed by atoms with Gasteiger partial charge in [-0.3, -0.25) is 0 Å². The largest absolute Gasteiger partial charge is 0.355 e. The number of aromatic nitrogens is 1. The molecule has 1 fully saturated rings. The fourth-order valence-electron chi connectivity index (χ4n) is 2.95. The van der Waals surface area contributed by atoms with Crippen LogP contribution in [0.4, 0.5) is 10.2 Å². The highest BCUT2D eigenvalue weighted by molar-refractivity contribution is 7.89. The molecule has 0 radical (unpaired) electrons. The summed E-state index contributed by atoms with van der Waals surface area (Å²) in [5, 5.41) is 0. The predicted octanol–water partition coefficient (Wildman–Crippen LogP) is 2.39. The molecular formula is C17H20FN3O2S. The minimum absolute atomic E-state index is 0.107. The van der Waals surface area contributed by atoms with Gasteiger partial charge in [0.05, 0.1) is 4.90 Å². The Labute approximate surface area is 141 Å². The van der Waals surface area contributed by atoms with Gasteiger partial charge < -0.3 is 4.90 Å². The van der Waals surface area contributed by atoms with Gasteiger partial charge in [-0.25, -0.2) is 22.5 Å². The number of pyridine rings is 1. The van der Waals surface area contributed by atoms with Gasteiger partial charge in [-0.2, -0.15) is 0 Å². The molecule has 1 aromatic carbocycles. The number of sulfonamides is 1. The maximum atomic E-state index is 13.7. The Kier molecular flexibility index (Phi) is 4.56. The molecule has 2 aromatic rings. The van der Waals surface area contributed by atoms with Gasteiger partial charge >= 0.3 is 0 Å². The maximum absolute atomic E-state index is 13.7. The molecule has 24 heavy (non-hydrogen) atoms. The SMILES string of the molecule is Cc1cc(S(=O)(=O)NC2CCN(c3ccccn3)C2)cc(C)c1F. The average molecular weight is 349 g/mol. The van der Waals surface area contributed by atoms with E-state index in [4.69, 9.17) is 0 Å². The van der Waals surface area contributed by atoms with E-state index in [9.17, 15) is 12.8 Å². The van der Waals surface area contributed by atoms with Gasteiger partial charge in [0.2, 0.25) is 10.0 Å². The van der Waals surface area contributed by atoms with Crippen LogP contribution in [0.15, 0.2) is 41.4 Å². The number of rotatable bonds is 4. The summed E-state index contributed by atoms with van der Waals surface area (Å²) in [6.07, 6.45) is 2.42. The van der Waals surface area contributed by atoms with Gasteiger partial charge in [-0.05, 0) is 55.7 Å². The molecule has 128 valence electrons. The summed E-state index contributed by atoms with van der Waals surface area (Å²) in [6.45, 7) is 4.44. The fraction of sp³-hybridized carbons (Fsp3) is 0.353. The van der Waals surface area contributed by atoms with E-state index in [1.165, 1.54) is 12.1 Å². The van der Waals surface area contributed by atoms with Gasteiger partial charge in [0.25, 0.3) is 0 Å². The third-order valence-corrected chi connectivity index (χ3v) is 5.70. The Morgan fingerprint density at radius 3 is 2.58 bits per heavy atom. The molecule has 1 aromatic heterocycles. The molecule has 1 aliphatic rings. The van der Waals surface area contributed by atoms with E-state index in [0.717, 1.165) is 12.4 Å². The lowest BCUT2D eigenvalue weighted by Crippen LogP contribution is -2.37. The van der Waals surface area contributed by atoms with Crippen LogP contribution in [0.2, 0.25) is 0 Å². The number of benzene rings is 1. The van der Waals surface area contributed by atoms with Gasteiger partial charge in [0.1, 0.15) is 11.6 Å². The van der Waals surface area contributed by atoms with Crippen LogP contribution >= 0.6 is 0 Å². The molecule has 1 atom stereocenters. The highest BCUT2D eigenvalue weighted by Crippen LogP contribution is 2.21. The van der Waals surface area contributed by atoms with Crippen molar-refractivity contribution in [3.05, 3.63) is 53.5 Å². The first kappa shape index (κ1) is 16.9.